The second-order valence-corrected chi connectivity index (χ2v) is 12.0. The van der Waals surface area contributed by atoms with Crippen LogP contribution >= 0.6 is 22.9 Å². The highest BCUT2D eigenvalue weighted by molar-refractivity contribution is 7.22. The fourth-order valence-corrected chi connectivity index (χ4v) is 5.87. The van der Waals surface area contributed by atoms with Crippen LogP contribution in [0, 0.1) is 17.1 Å². The SMILES string of the molecule is C[C@@H]1CN(c2nc(-c3ccc(Cl)cc3F)c3sc(N(C)CC4CC4)nc3n2)C[C@@H](/C(C=N)=C/NC2CC2)O1. The summed E-state index contributed by atoms with van der Waals surface area (Å²) in [6, 6.07) is 5.14. The van der Waals surface area contributed by atoms with E-state index in [9.17, 15) is 0 Å². The van der Waals surface area contributed by atoms with Gasteiger partial charge in [-0.15, -0.1) is 0 Å². The number of thiazole rings is 1. The molecule has 2 N–H and O–H groups in total. The molecule has 0 radical (unpaired) electrons. The molecule has 8 nitrogen and oxygen atoms in total. The van der Waals surface area contributed by atoms with Crippen LogP contribution in [0.5, 0.6) is 0 Å². The molecule has 38 heavy (non-hydrogen) atoms. The number of nitrogens with one attached hydrogen (secondary N) is 2. The molecule has 2 aliphatic carbocycles. The Morgan fingerprint density at radius 1 is 1.26 bits per heavy atom. The minimum absolute atomic E-state index is 0.108. The molecule has 2 atom stereocenters. The first kappa shape index (κ1) is 25.5. The molecule has 6 rings (SSSR count). The van der Waals surface area contributed by atoms with Crippen LogP contribution in [0.3, 0.4) is 0 Å². The Bertz CT molecular complexity index is 1390. The molecular formula is C27H31ClFN7OS. The summed E-state index contributed by atoms with van der Waals surface area (Å²) in [6.45, 7) is 4.00. The van der Waals surface area contributed by atoms with Gasteiger partial charge in [0.2, 0.25) is 5.95 Å². The summed E-state index contributed by atoms with van der Waals surface area (Å²) in [5.41, 5.74) is 2.21. The van der Waals surface area contributed by atoms with Gasteiger partial charge in [0.25, 0.3) is 0 Å². The summed E-state index contributed by atoms with van der Waals surface area (Å²) in [5.74, 6) is 0.750. The molecule has 200 valence electrons. The summed E-state index contributed by atoms with van der Waals surface area (Å²) in [5, 5.41) is 12.5. The van der Waals surface area contributed by atoms with Crippen molar-refractivity contribution in [1.82, 2.24) is 20.3 Å². The quantitative estimate of drug-likeness (QED) is 0.348. The van der Waals surface area contributed by atoms with Crippen molar-refractivity contribution < 1.29 is 9.13 Å². The highest BCUT2D eigenvalue weighted by Gasteiger charge is 2.31. The number of ether oxygens (including phenoxy) is 1. The largest absolute Gasteiger partial charge is 0.388 e. The molecule has 3 aliphatic rings. The van der Waals surface area contributed by atoms with Gasteiger partial charge in [-0.1, -0.05) is 22.9 Å². The van der Waals surface area contributed by atoms with Gasteiger partial charge in [-0.05, 0) is 56.7 Å². The van der Waals surface area contributed by atoms with Gasteiger partial charge in [0.15, 0.2) is 10.8 Å². The van der Waals surface area contributed by atoms with Crippen LogP contribution in [-0.4, -0.2) is 66.1 Å². The molecule has 3 fully saturated rings. The lowest BCUT2D eigenvalue weighted by Crippen LogP contribution is -2.48. The first-order valence-electron chi connectivity index (χ1n) is 13.1. The van der Waals surface area contributed by atoms with Gasteiger partial charge >= 0.3 is 0 Å². The van der Waals surface area contributed by atoms with Crippen molar-refractivity contribution >= 4 is 50.6 Å². The lowest BCUT2D eigenvalue weighted by atomic mass is 10.1. The van der Waals surface area contributed by atoms with Crippen LogP contribution in [0.25, 0.3) is 21.6 Å². The highest BCUT2D eigenvalue weighted by atomic mass is 35.5. The van der Waals surface area contributed by atoms with Gasteiger partial charge in [-0.25, -0.2) is 9.37 Å². The van der Waals surface area contributed by atoms with Crippen molar-refractivity contribution in [1.29, 1.82) is 5.41 Å². The third kappa shape index (κ3) is 5.48. The fraction of sp³-hybridized carbons (Fsp3) is 0.481. The van der Waals surface area contributed by atoms with Crippen molar-refractivity contribution in [3.63, 3.8) is 0 Å². The number of hydrogen-bond donors (Lipinski definition) is 2. The van der Waals surface area contributed by atoms with Crippen LogP contribution in [0.1, 0.15) is 32.6 Å². The van der Waals surface area contributed by atoms with Crippen molar-refractivity contribution in [2.75, 3.05) is 36.5 Å². The van der Waals surface area contributed by atoms with E-state index >= 15 is 4.39 Å². The smallest absolute Gasteiger partial charge is 0.228 e. The van der Waals surface area contributed by atoms with E-state index in [1.807, 2.05) is 20.2 Å². The Hall–Kier alpha value is -2.82. The van der Waals surface area contributed by atoms with Crippen LogP contribution in [0.15, 0.2) is 30.0 Å². The van der Waals surface area contributed by atoms with E-state index in [0.717, 1.165) is 34.8 Å². The Balaban J connectivity index is 1.39. The predicted molar refractivity (Wildman–Crippen MR) is 151 cm³/mol. The number of nitrogens with zero attached hydrogens (tertiary/aromatic N) is 5. The van der Waals surface area contributed by atoms with Gasteiger partial charge in [0.1, 0.15) is 16.6 Å². The van der Waals surface area contributed by atoms with Crippen molar-refractivity contribution in [3.05, 3.63) is 40.8 Å². The third-order valence-corrected chi connectivity index (χ3v) is 8.52. The van der Waals surface area contributed by atoms with E-state index in [4.69, 9.17) is 36.7 Å². The van der Waals surface area contributed by atoms with E-state index < -0.39 is 5.82 Å². The molecule has 3 heterocycles. The topological polar surface area (TPSA) is 90.3 Å². The highest BCUT2D eigenvalue weighted by Crippen LogP contribution is 2.39. The minimum atomic E-state index is -0.432. The van der Waals surface area contributed by atoms with E-state index in [-0.39, 0.29) is 12.2 Å². The van der Waals surface area contributed by atoms with E-state index in [2.05, 4.69) is 15.1 Å². The predicted octanol–water partition coefficient (Wildman–Crippen LogP) is 5.27. The molecule has 3 aromatic rings. The molecule has 1 aromatic carbocycles. The number of aromatic nitrogens is 3. The lowest BCUT2D eigenvalue weighted by Gasteiger charge is -2.37. The Kier molecular flexibility index (Phi) is 6.96. The third-order valence-electron chi connectivity index (χ3n) is 7.12. The number of benzene rings is 1. The zero-order valence-electron chi connectivity index (χ0n) is 21.5. The minimum Gasteiger partial charge on any atom is -0.388 e. The molecule has 0 amide bonds. The number of halogens is 2. The fourth-order valence-electron chi connectivity index (χ4n) is 4.73. The van der Waals surface area contributed by atoms with Crippen LogP contribution in [0.4, 0.5) is 15.5 Å². The van der Waals surface area contributed by atoms with Crippen LogP contribution in [0.2, 0.25) is 5.02 Å². The van der Waals surface area contributed by atoms with Crippen molar-refractivity contribution in [2.24, 2.45) is 5.92 Å². The zero-order chi connectivity index (χ0) is 26.4. The Morgan fingerprint density at radius 3 is 2.79 bits per heavy atom. The first-order chi connectivity index (χ1) is 18.4. The number of fused-ring (bicyclic) bond motifs is 1. The number of hydrogen-bond acceptors (Lipinski definition) is 9. The number of rotatable bonds is 9. The molecular weight excluding hydrogens is 525 g/mol. The van der Waals surface area contributed by atoms with Gasteiger partial charge in [-0.2, -0.15) is 9.97 Å². The van der Waals surface area contributed by atoms with Crippen LogP contribution in [-0.2, 0) is 4.74 Å². The monoisotopic (exact) mass is 555 g/mol. The molecule has 2 saturated carbocycles. The summed E-state index contributed by atoms with van der Waals surface area (Å²) in [7, 11) is 2.04. The van der Waals surface area contributed by atoms with Gasteiger partial charge in [0, 0.05) is 54.8 Å². The Morgan fingerprint density at radius 2 is 2.08 bits per heavy atom. The van der Waals surface area contributed by atoms with E-state index in [1.54, 1.807) is 12.1 Å². The van der Waals surface area contributed by atoms with E-state index in [0.29, 0.717) is 52.9 Å². The Labute approximate surface area is 230 Å². The van der Waals surface area contributed by atoms with Gasteiger partial charge in [-0.3, -0.25) is 0 Å². The average molecular weight is 556 g/mol. The first-order valence-corrected chi connectivity index (χ1v) is 14.3. The second kappa shape index (κ2) is 10.4. The molecule has 11 heteroatoms. The number of anilines is 2. The van der Waals surface area contributed by atoms with E-state index in [1.165, 1.54) is 36.5 Å². The zero-order valence-corrected chi connectivity index (χ0v) is 23.0. The van der Waals surface area contributed by atoms with Crippen molar-refractivity contribution in [3.8, 4) is 11.3 Å². The molecule has 0 unspecified atom stereocenters. The second-order valence-electron chi connectivity index (χ2n) is 10.5. The molecule has 0 spiro atoms. The maximum atomic E-state index is 15.2. The van der Waals surface area contributed by atoms with Gasteiger partial charge < -0.3 is 25.3 Å². The maximum absolute atomic E-state index is 15.2. The maximum Gasteiger partial charge on any atom is 0.228 e. The summed E-state index contributed by atoms with van der Waals surface area (Å²) in [6.07, 6.45) is 7.62. The normalized spacial score (nSPS) is 22.1. The molecule has 1 aliphatic heterocycles. The summed E-state index contributed by atoms with van der Waals surface area (Å²) in [4.78, 5) is 18.8. The molecule has 0 bridgehead atoms. The molecule has 2 aromatic heterocycles. The number of morpholine rings is 1. The summed E-state index contributed by atoms with van der Waals surface area (Å²) < 4.78 is 22.1. The van der Waals surface area contributed by atoms with Gasteiger partial charge in [0.05, 0.1) is 18.3 Å². The standard InChI is InChI=1S/C27H31ClFN7OS/c1-15-12-36(14-22(37-15)17(10-30)11-31-19-6-7-19)26-32-23(20-8-5-18(28)9-21(20)29)24-25(33-26)34-27(38-24)35(2)13-16-3-4-16/h5,8-11,15-16,19,22,30-31H,3-4,6-7,12-14H2,1-2H3/b17-11+,30-10?/t15-,22+/m1/s1. The average Bonchev–Trinajstić information content (AvgIpc) is 3.82. The molecule has 1 saturated heterocycles. The van der Waals surface area contributed by atoms with Crippen molar-refractivity contribution in [2.45, 2.75) is 50.9 Å². The van der Waals surface area contributed by atoms with Crippen LogP contribution < -0.4 is 15.1 Å². The lowest BCUT2D eigenvalue weighted by molar-refractivity contribution is 0.00652. The summed E-state index contributed by atoms with van der Waals surface area (Å²) >= 11 is 7.55.